The fourth-order valence-electron chi connectivity index (χ4n) is 2.03. The average Bonchev–Trinajstić information content (AvgIpc) is 3.18. The summed E-state index contributed by atoms with van der Waals surface area (Å²) in [6, 6.07) is 0. The number of thioether (sulfide) groups is 1. The van der Waals surface area contributed by atoms with Gasteiger partial charge in [-0.15, -0.1) is 23.1 Å². The third kappa shape index (κ3) is 3.00. The molecule has 2 N–H and O–H groups in total. The van der Waals surface area contributed by atoms with E-state index in [0.717, 1.165) is 28.9 Å². The minimum Gasteiger partial charge on any atom is -0.465 e. The first-order valence-electron chi connectivity index (χ1n) is 6.41. The molecule has 0 radical (unpaired) electrons. The molecule has 1 heterocycles. The summed E-state index contributed by atoms with van der Waals surface area (Å²) in [5.74, 6) is 0.464. The zero-order chi connectivity index (χ0) is 14.0. The van der Waals surface area contributed by atoms with Crippen LogP contribution >= 0.6 is 23.1 Å². The van der Waals surface area contributed by atoms with E-state index in [1.54, 1.807) is 11.8 Å². The van der Waals surface area contributed by atoms with Crippen LogP contribution < -0.4 is 10.6 Å². The second-order valence-electron chi connectivity index (χ2n) is 4.66. The van der Waals surface area contributed by atoms with Crippen LogP contribution in [-0.4, -0.2) is 32.4 Å². The van der Waals surface area contributed by atoms with Crippen molar-refractivity contribution < 1.29 is 9.53 Å². The van der Waals surface area contributed by atoms with Gasteiger partial charge >= 0.3 is 5.97 Å². The fourth-order valence-corrected chi connectivity index (χ4v) is 4.21. The number of hydrogen-bond donors (Lipinski definition) is 1. The highest BCUT2D eigenvalue weighted by Gasteiger charge is 2.28. The summed E-state index contributed by atoms with van der Waals surface area (Å²) in [6.07, 6.45) is 4.62. The Kier molecular flexibility index (Phi) is 4.62. The zero-order valence-electron chi connectivity index (χ0n) is 11.6. The Bertz CT molecular complexity index is 469. The Morgan fingerprint density at radius 3 is 2.74 bits per heavy atom. The molecular formula is C13H20N2O2S2. The van der Waals surface area contributed by atoms with Crippen LogP contribution in [0.5, 0.6) is 0 Å². The Hall–Kier alpha value is -0.880. The number of ether oxygens (including phenoxy) is 1. The molecule has 0 unspecified atom stereocenters. The highest BCUT2D eigenvalue weighted by atomic mass is 32.2. The predicted octanol–water partition coefficient (Wildman–Crippen LogP) is 3.08. The summed E-state index contributed by atoms with van der Waals surface area (Å²) in [5.41, 5.74) is 6.66. The summed E-state index contributed by atoms with van der Waals surface area (Å²) in [7, 11) is 1.39. The maximum absolute atomic E-state index is 11.7. The topological polar surface area (TPSA) is 55.6 Å². The van der Waals surface area contributed by atoms with Crippen molar-refractivity contribution in [2.75, 3.05) is 37.1 Å². The van der Waals surface area contributed by atoms with Crippen LogP contribution in [-0.2, 0) is 4.74 Å². The number of nitrogen functional groups attached to an aromatic ring is 1. The van der Waals surface area contributed by atoms with E-state index in [9.17, 15) is 4.79 Å². The molecule has 6 heteroatoms. The van der Waals surface area contributed by atoms with Gasteiger partial charge in [-0.3, -0.25) is 0 Å². The second kappa shape index (κ2) is 6.05. The predicted molar refractivity (Wildman–Crippen MR) is 82.5 cm³/mol. The largest absolute Gasteiger partial charge is 0.465 e. The molecule has 106 valence electrons. The van der Waals surface area contributed by atoms with Crippen molar-refractivity contribution in [1.82, 2.24) is 0 Å². The molecule has 0 saturated heterocycles. The SMILES string of the molecule is CCN(CC1CC1)c1sc(C(=O)OC)c(N)c1SC. The molecule has 1 aromatic rings. The van der Waals surface area contributed by atoms with E-state index in [2.05, 4.69) is 11.8 Å². The van der Waals surface area contributed by atoms with Crippen LogP contribution in [0.4, 0.5) is 10.7 Å². The summed E-state index contributed by atoms with van der Waals surface area (Å²) in [5, 5.41) is 1.11. The van der Waals surface area contributed by atoms with Gasteiger partial charge in [-0.05, 0) is 31.9 Å². The van der Waals surface area contributed by atoms with E-state index in [4.69, 9.17) is 10.5 Å². The summed E-state index contributed by atoms with van der Waals surface area (Å²) >= 11 is 3.05. The third-order valence-electron chi connectivity index (χ3n) is 3.30. The fraction of sp³-hybridized carbons (Fsp3) is 0.615. The van der Waals surface area contributed by atoms with Crippen LogP contribution in [0.15, 0.2) is 4.90 Å². The summed E-state index contributed by atoms with van der Waals surface area (Å²) < 4.78 is 4.80. The molecule has 1 aromatic heterocycles. The van der Waals surface area contributed by atoms with E-state index in [0.29, 0.717) is 10.6 Å². The molecule has 4 nitrogen and oxygen atoms in total. The van der Waals surface area contributed by atoms with Gasteiger partial charge in [0.05, 0.1) is 17.7 Å². The lowest BCUT2D eigenvalue weighted by atomic mass is 10.3. The van der Waals surface area contributed by atoms with Crippen LogP contribution in [0.1, 0.15) is 29.4 Å². The number of nitrogens with zero attached hydrogens (tertiary/aromatic N) is 1. The number of hydrogen-bond acceptors (Lipinski definition) is 6. The molecule has 0 aliphatic heterocycles. The zero-order valence-corrected chi connectivity index (χ0v) is 13.2. The quantitative estimate of drug-likeness (QED) is 0.646. The van der Waals surface area contributed by atoms with Gasteiger partial charge in [0.15, 0.2) is 0 Å². The molecular weight excluding hydrogens is 280 g/mol. The lowest BCUT2D eigenvalue weighted by molar-refractivity contribution is 0.0607. The monoisotopic (exact) mass is 300 g/mol. The highest BCUT2D eigenvalue weighted by Crippen LogP contribution is 2.45. The molecule has 1 saturated carbocycles. The maximum atomic E-state index is 11.7. The molecule has 1 aliphatic rings. The Morgan fingerprint density at radius 1 is 1.58 bits per heavy atom. The van der Waals surface area contributed by atoms with E-state index < -0.39 is 0 Å². The minimum atomic E-state index is -0.341. The lowest BCUT2D eigenvalue weighted by Crippen LogP contribution is -2.24. The van der Waals surface area contributed by atoms with E-state index >= 15 is 0 Å². The highest BCUT2D eigenvalue weighted by molar-refractivity contribution is 7.99. The number of nitrogens with two attached hydrogens (primary N) is 1. The van der Waals surface area contributed by atoms with Gasteiger partial charge in [0.2, 0.25) is 0 Å². The maximum Gasteiger partial charge on any atom is 0.350 e. The Morgan fingerprint density at radius 2 is 2.26 bits per heavy atom. The van der Waals surface area contributed by atoms with Crippen LogP contribution in [0.3, 0.4) is 0 Å². The van der Waals surface area contributed by atoms with Gasteiger partial charge in [-0.2, -0.15) is 0 Å². The van der Waals surface area contributed by atoms with Crippen molar-refractivity contribution in [1.29, 1.82) is 0 Å². The van der Waals surface area contributed by atoms with Gasteiger partial charge in [0.1, 0.15) is 9.88 Å². The third-order valence-corrected chi connectivity index (χ3v) is 5.50. The molecule has 2 rings (SSSR count). The van der Waals surface area contributed by atoms with Gasteiger partial charge < -0.3 is 15.4 Å². The average molecular weight is 300 g/mol. The van der Waals surface area contributed by atoms with Crippen LogP contribution in [0, 0.1) is 5.92 Å². The molecule has 19 heavy (non-hydrogen) atoms. The van der Waals surface area contributed by atoms with Crippen LogP contribution in [0.2, 0.25) is 0 Å². The molecule has 0 amide bonds. The van der Waals surface area contributed by atoms with E-state index in [1.807, 2.05) is 6.26 Å². The van der Waals surface area contributed by atoms with Gasteiger partial charge in [0, 0.05) is 13.1 Å². The van der Waals surface area contributed by atoms with Gasteiger partial charge in [-0.25, -0.2) is 4.79 Å². The first-order valence-corrected chi connectivity index (χ1v) is 8.45. The standard InChI is InChI=1S/C13H20N2O2S2/c1-4-15(7-8-5-6-8)12-10(18-3)9(14)11(19-12)13(16)17-2/h8H,4-7,14H2,1-3H3. The number of anilines is 2. The summed E-state index contributed by atoms with van der Waals surface area (Å²) in [4.78, 5) is 15.6. The van der Waals surface area contributed by atoms with Gasteiger partial charge in [0.25, 0.3) is 0 Å². The van der Waals surface area contributed by atoms with E-state index in [-0.39, 0.29) is 5.97 Å². The lowest BCUT2D eigenvalue weighted by Gasteiger charge is -2.22. The Labute approximate surface area is 122 Å². The number of carbonyl (C=O) groups is 1. The van der Waals surface area contributed by atoms with Gasteiger partial charge in [-0.1, -0.05) is 0 Å². The smallest absolute Gasteiger partial charge is 0.350 e. The molecule has 0 atom stereocenters. The minimum absolute atomic E-state index is 0.341. The first-order chi connectivity index (χ1) is 9.12. The van der Waals surface area contributed by atoms with Crippen molar-refractivity contribution in [3.8, 4) is 0 Å². The van der Waals surface area contributed by atoms with E-state index in [1.165, 1.54) is 31.3 Å². The second-order valence-corrected chi connectivity index (χ2v) is 6.47. The number of methoxy groups -OCH3 is 1. The Balaban J connectivity index is 2.33. The van der Waals surface area contributed by atoms with Crippen molar-refractivity contribution in [3.05, 3.63) is 4.88 Å². The molecule has 1 fully saturated rings. The van der Waals surface area contributed by atoms with Crippen molar-refractivity contribution in [2.24, 2.45) is 5.92 Å². The number of esters is 1. The number of thiophene rings is 1. The molecule has 0 aromatic carbocycles. The molecule has 0 spiro atoms. The normalized spacial score (nSPS) is 14.5. The molecule has 1 aliphatic carbocycles. The first kappa shape index (κ1) is 14.5. The van der Waals surface area contributed by atoms with Crippen molar-refractivity contribution in [2.45, 2.75) is 24.7 Å². The number of rotatable bonds is 6. The van der Waals surface area contributed by atoms with Crippen molar-refractivity contribution in [3.63, 3.8) is 0 Å². The number of carbonyl (C=O) groups excluding carboxylic acids is 1. The molecule has 0 bridgehead atoms. The summed E-state index contributed by atoms with van der Waals surface area (Å²) in [6.45, 7) is 4.13. The van der Waals surface area contributed by atoms with Crippen LogP contribution in [0.25, 0.3) is 0 Å². The van der Waals surface area contributed by atoms with Crippen molar-refractivity contribution >= 4 is 39.8 Å².